The zero-order valence-electron chi connectivity index (χ0n) is 7.90. The molecular formula is C7H17N3O3. The Morgan fingerprint density at radius 2 is 2.31 bits per heavy atom. The lowest BCUT2D eigenvalue weighted by Crippen LogP contribution is -2.48. The standard InChI is InChI=1S/C7H17N3O3/c1-5(7(8)10-12)9-6(3-11)4-13-2/h5-6,9,11-12H,3-4H2,1-2H3,(H2,8,10). The summed E-state index contributed by atoms with van der Waals surface area (Å²) in [6.07, 6.45) is 0. The number of aliphatic hydroxyl groups excluding tert-OH is 1. The van der Waals surface area contributed by atoms with Gasteiger partial charge in [-0.2, -0.15) is 0 Å². The Bertz CT molecular complexity index is 163. The first-order chi connectivity index (χ1) is 6.15. The number of methoxy groups -OCH3 is 1. The molecule has 0 aliphatic carbocycles. The summed E-state index contributed by atoms with van der Waals surface area (Å²) in [7, 11) is 1.54. The smallest absolute Gasteiger partial charge is 0.156 e. The average Bonchev–Trinajstić information content (AvgIpc) is 2.15. The fourth-order valence-corrected chi connectivity index (χ4v) is 0.880. The molecule has 0 spiro atoms. The van der Waals surface area contributed by atoms with E-state index in [1.807, 2.05) is 0 Å². The van der Waals surface area contributed by atoms with Crippen LogP contribution in [0.5, 0.6) is 0 Å². The number of ether oxygens (including phenoxy) is 1. The van der Waals surface area contributed by atoms with E-state index in [2.05, 4.69) is 10.5 Å². The molecule has 0 aliphatic heterocycles. The van der Waals surface area contributed by atoms with Gasteiger partial charge in [0.25, 0.3) is 0 Å². The molecule has 0 aliphatic rings. The molecule has 0 aromatic heterocycles. The second kappa shape index (κ2) is 6.64. The second-order valence-corrected chi connectivity index (χ2v) is 2.75. The van der Waals surface area contributed by atoms with E-state index in [1.54, 1.807) is 14.0 Å². The number of oxime groups is 1. The van der Waals surface area contributed by atoms with Gasteiger partial charge in [0.05, 0.1) is 25.3 Å². The summed E-state index contributed by atoms with van der Waals surface area (Å²) in [6, 6.07) is -0.502. The molecule has 0 rings (SSSR count). The quantitative estimate of drug-likeness (QED) is 0.181. The predicted molar refractivity (Wildman–Crippen MR) is 48.8 cm³/mol. The van der Waals surface area contributed by atoms with Crippen molar-refractivity contribution in [3.8, 4) is 0 Å². The van der Waals surface area contributed by atoms with Crippen molar-refractivity contribution in [1.29, 1.82) is 0 Å². The van der Waals surface area contributed by atoms with E-state index in [-0.39, 0.29) is 24.5 Å². The first kappa shape index (κ1) is 12.2. The summed E-state index contributed by atoms with van der Waals surface area (Å²) in [4.78, 5) is 0. The third-order valence-corrected chi connectivity index (χ3v) is 1.63. The van der Waals surface area contributed by atoms with Gasteiger partial charge in [0.1, 0.15) is 0 Å². The number of nitrogens with one attached hydrogen (secondary N) is 1. The molecule has 13 heavy (non-hydrogen) atoms. The molecule has 0 saturated carbocycles. The van der Waals surface area contributed by atoms with Crippen LogP contribution in [0.2, 0.25) is 0 Å². The maximum Gasteiger partial charge on any atom is 0.156 e. The molecule has 0 fully saturated rings. The van der Waals surface area contributed by atoms with Gasteiger partial charge in [-0.15, -0.1) is 0 Å². The van der Waals surface area contributed by atoms with E-state index in [1.165, 1.54) is 0 Å². The van der Waals surface area contributed by atoms with Crippen LogP contribution < -0.4 is 11.1 Å². The second-order valence-electron chi connectivity index (χ2n) is 2.75. The number of hydrogen-bond donors (Lipinski definition) is 4. The van der Waals surface area contributed by atoms with Crippen molar-refractivity contribution in [2.75, 3.05) is 20.3 Å². The number of nitrogens with two attached hydrogens (primary N) is 1. The highest BCUT2D eigenvalue weighted by molar-refractivity contribution is 5.84. The number of aliphatic hydroxyl groups is 1. The summed E-state index contributed by atoms with van der Waals surface area (Å²) in [5.41, 5.74) is 5.33. The molecule has 2 atom stereocenters. The Hall–Kier alpha value is -0.850. The highest BCUT2D eigenvalue weighted by Gasteiger charge is 2.13. The fraction of sp³-hybridized carbons (Fsp3) is 0.857. The fourth-order valence-electron chi connectivity index (χ4n) is 0.880. The van der Waals surface area contributed by atoms with E-state index >= 15 is 0 Å². The van der Waals surface area contributed by atoms with Crippen LogP contribution >= 0.6 is 0 Å². The van der Waals surface area contributed by atoms with Crippen LogP contribution in [0.25, 0.3) is 0 Å². The van der Waals surface area contributed by atoms with E-state index < -0.39 is 0 Å². The van der Waals surface area contributed by atoms with Crippen molar-refractivity contribution in [3.05, 3.63) is 0 Å². The van der Waals surface area contributed by atoms with E-state index in [9.17, 15) is 0 Å². The summed E-state index contributed by atoms with van der Waals surface area (Å²) < 4.78 is 4.84. The lowest BCUT2D eigenvalue weighted by atomic mass is 10.2. The van der Waals surface area contributed by atoms with Crippen molar-refractivity contribution in [1.82, 2.24) is 5.32 Å². The lowest BCUT2D eigenvalue weighted by molar-refractivity contribution is 0.127. The Kier molecular flexibility index (Phi) is 6.21. The van der Waals surface area contributed by atoms with Crippen LogP contribution in [0, 0.1) is 0 Å². The van der Waals surface area contributed by atoms with Gasteiger partial charge in [0.15, 0.2) is 5.84 Å². The number of hydrogen-bond acceptors (Lipinski definition) is 5. The van der Waals surface area contributed by atoms with Gasteiger partial charge in [-0.1, -0.05) is 5.16 Å². The molecule has 2 unspecified atom stereocenters. The summed E-state index contributed by atoms with van der Waals surface area (Å²) in [6.45, 7) is 2.05. The van der Waals surface area contributed by atoms with Gasteiger partial charge in [-0.3, -0.25) is 0 Å². The zero-order valence-corrected chi connectivity index (χ0v) is 7.90. The van der Waals surface area contributed by atoms with Gasteiger partial charge < -0.3 is 26.1 Å². The van der Waals surface area contributed by atoms with Crippen LogP contribution in [-0.2, 0) is 4.74 Å². The first-order valence-electron chi connectivity index (χ1n) is 3.99. The van der Waals surface area contributed by atoms with Gasteiger partial charge in [-0.05, 0) is 6.92 Å². The Morgan fingerprint density at radius 1 is 1.69 bits per heavy atom. The Labute approximate surface area is 77.4 Å². The third kappa shape index (κ3) is 4.66. The Balaban J connectivity index is 3.92. The number of amidine groups is 1. The summed E-state index contributed by atoms with van der Waals surface area (Å²) in [5, 5.41) is 23.0. The van der Waals surface area contributed by atoms with Gasteiger partial charge >= 0.3 is 0 Å². The number of nitrogens with zero attached hydrogens (tertiary/aromatic N) is 1. The number of rotatable bonds is 6. The average molecular weight is 191 g/mol. The highest BCUT2D eigenvalue weighted by atomic mass is 16.5. The van der Waals surface area contributed by atoms with E-state index in [4.69, 9.17) is 20.8 Å². The van der Waals surface area contributed by atoms with Crippen LogP contribution in [0.4, 0.5) is 0 Å². The maximum absolute atomic E-state index is 8.87. The zero-order chi connectivity index (χ0) is 10.3. The predicted octanol–water partition coefficient (Wildman–Crippen LogP) is -1.28. The minimum atomic E-state index is -0.294. The van der Waals surface area contributed by atoms with Crippen molar-refractivity contribution in [3.63, 3.8) is 0 Å². The maximum atomic E-state index is 8.87. The normalized spacial score (nSPS) is 17.0. The first-order valence-corrected chi connectivity index (χ1v) is 3.99. The largest absolute Gasteiger partial charge is 0.409 e. The Morgan fingerprint density at radius 3 is 2.69 bits per heavy atom. The molecule has 6 heteroatoms. The third-order valence-electron chi connectivity index (χ3n) is 1.63. The van der Waals surface area contributed by atoms with Crippen LogP contribution in [0.3, 0.4) is 0 Å². The molecule has 0 aromatic rings. The molecule has 78 valence electrons. The molecule has 0 heterocycles. The van der Waals surface area contributed by atoms with Crippen LogP contribution in [0.15, 0.2) is 5.16 Å². The van der Waals surface area contributed by atoms with Gasteiger partial charge in [0.2, 0.25) is 0 Å². The topological polar surface area (TPSA) is 100 Å². The summed E-state index contributed by atoms with van der Waals surface area (Å²) in [5.74, 6) is 0.0783. The van der Waals surface area contributed by atoms with Crippen molar-refractivity contribution < 1.29 is 15.1 Å². The summed E-state index contributed by atoms with van der Waals surface area (Å²) >= 11 is 0. The van der Waals surface area contributed by atoms with Crippen LogP contribution in [-0.4, -0.2) is 48.6 Å². The monoisotopic (exact) mass is 191 g/mol. The highest BCUT2D eigenvalue weighted by Crippen LogP contribution is 1.89. The molecule has 0 bridgehead atoms. The molecule has 6 nitrogen and oxygen atoms in total. The molecular weight excluding hydrogens is 174 g/mol. The van der Waals surface area contributed by atoms with E-state index in [0.717, 1.165) is 0 Å². The minimum absolute atomic E-state index is 0.0586. The van der Waals surface area contributed by atoms with Gasteiger partial charge in [-0.25, -0.2) is 0 Å². The van der Waals surface area contributed by atoms with Crippen molar-refractivity contribution >= 4 is 5.84 Å². The SMILES string of the molecule is COCC(CO)NC(C)C(N)=NO. The molecule has 0 radical (unpaired) electrons. The lowest BCUT2D eigenvalue weighted by Gasteiger charge is -2.19. The van der Waals surface area contributed by atoms with Crippen molar-refractivity contribution in [2.24, 2.45) is 10.9 Å². The minimum Gasteiger partial charge on any atom is -0.409 e. The van der Waals surface area contributed by atoms with Gasteiger partial charge in [0, 0.05) is 7.11 Å². The van der Waals surface area contributed by atoms with Crippen LogP contribution in [0.1, 0.15) is 6.92 Å². The molecule has 0 amide bonds. The van der Waals surface area contributed by atoms with E-state index in [0.29, 0.717) is 6.61 Å². The molecule has 0 saturated heterocycles. The molecule has 5 N–H and O–H groups in total. The van der Waals surface area contributed by atoms with Crippen molar-refractivity contribution in [2.45, 2.75) is 19.0 Å². The molecule has 0 aromatic carbocycles.